The average molecular weight is 498 g/mol. The molecule has 2 aromatic rings. The lowest BCUT2D eigenvalue weighted by molar-refractivity contribution is -0.126. The summed E-state index contributed by atoms with van der Waals surface area (Å²) in [5.41, 5.74) is 4.09. The first-order valence-electron chi connectivity index (χ1n) is 12.4. The molecule has 2 amide bonds. The van der Waals surface area contributed by atoms with Gasteiger partial charge in [0.15, 0.2) is 0 Å². The molecule has 188 valence electrons. The molecule has 0 spiro atoms. The van der Waals surface area contributed by atoms with Crippen LogP contribution in [-0.4, -0.2) is 55.6 Å². The first-order valence-corrected chi connectivity index (χ1v) is 13.8. The van der Waals surface area contributed by atoms with Gasteiger partial charge in [-0.3, -0.25) is 9.59 Å². The standard InChI is InChI=1S/C27H35N3O4S/c1-19-15-20(2)25(21(3)16-19)35(33,34)30-13-9-23(10-14-30)26(31)28-18-22-7-6-8-24(17-22)27(32)29-11-4-5-12-29/h6-8,15-17,23H,4-5,9-14,18H2,1-3H3,(H,28,31). The van der Waals surface area contributed by atoms with Crippen LogP contribution in [0.4, 0.5) is 0 Å². The summed E-state index contributed by atoms with van der Waals surface area (Å²) in [5.74, 6) is -0.250. The molecular formula is C27H35N3O4S. The van der Waals surface area contributed by atoms with Crippen molar-refractivity contribution < 1.29 is 18.0 Å². The molecule has 0 unspecified atom stereocenters. The minimum atomic E-state index is -3.60. The molecule has 2 fully saturated rings. The highest BCUT2D eigenvalue weighted by Gasteiger charge is 2.33. The second-order valence-corrected chi connectivity index (χ2v) is 11.7. The molecule has 2 saturated heterocycles. The van der Waals surface area contributed by atoms with Crippen LogP contribution in [0.5, 0.6) is 0 Å². The number of rotatable bonds is 6. The Morgan fingerprint density at radius 3 is 2.20 bits per heavy atom. The third-order valence-corrected chi connectivity index (χ3v) is 9.27. The summed E-state index contributed by atoms with van der Waals surface area (Å²) in [7, 11) is -3.60. The summed E-state index contributed by atoms with van der Waals surface area (Å²) in [6, 6.07) is 11.2. The van der Waals surface area contributed by atoms with E-state index in [1.54, 1.807) is 0 Å². The van der Waals surface area contributed by atoms with Gasteiger partial charge in [0.1, 0.15) is 0 Å². The Labute approximate surface area is 208 Å². The minimum Gasteiger partial charge on any atom is -0.352 e. The van der Waals surface area contributed by atoms with Crippen molar-refractivity contribution in [2.45, 2.75) is 57.9 Å². The van der Waals surface area contributed by atoms with Crippen LogP contribution in [0.1, 0.15) is 58.3 Å². The molecule has 0 bridgehead atoms. The molecule has 2 aliphatic rings. The molecule has 0 atom stereocenters. The Bertz CT molecular complexity index is 1190. The molecular weight excluding hydrogens is 462 g/mol. The molecule has 1 N–H and O–H groups in total. The van der Waals surface area contributed by atoms with Crippen LogP contribution in [-0.2, 0) is 21.4 Å². The summed E-state index contributed by atoms with van der Waals surface area (Å²) in [5, 5.41) is 2.98. The molecule has 8 heteroatoms. The van der Waals surface area contributed by atoms with Crippen molar-refractivity contribution in [2.75, 3.05) is 26.2 Å². The molecule has 2 aromatic carbocycles. The highest BCUT2D eigenvalue weighted by Crippen LogP contribution is 2.29. The fourth-order valence-corrected chi connectivity index (χ4v) is 7.19. The number of nitrogens with one attached hydrogen (secondary N) is 1. The van der Waals surface area contributed by atoms with E-state index in [4.69, 9.17) is 0 Å². The second-order valence-electron chi connectivity index (χ2n) is 9.82. The number of carbonyl (C=O) groups excluding carboxylic acids is 2. The van der Waals surface area contributed by atoms with Gasteiger partial charge < -0.3 is 10.2 Å². The number of aryl methyl sites for hydroxylation is 3. The van der Waals surface area contributed by atoms with Gasteiger partial charge in [-0.2, -0.15) is 4.31 Å². The van der Waals surface area contributed by atoms with E-state index < -0.39 is 10.0 Å². The number of hydrogen-bond acceptors (Lipinski definition) is 4. The summed E-state index contributed by atoms with van der Waals surface area (Å²) in [6.45, 7) is 8.23. The van der Waals surface area contributed by atoms with Crippen molar-refractivity contribution in [3.63, 3.8) is 0 Å². The number of nitrogens with zero attached hydrogens (tertiary/aromatic N) is 2. The SMILES string of the molecule is Cc1cc(C)c(S(=O)(=O)N2CCC(C(=O)NCc3cccc(C(=O)N4CCCC4)c3)CC2)c(C)c1. The molecule has 0 radical (unpaired) electrons. The first-order chi connectivity index (χ1) is 16.7. The highest BCUT2D eigenvalue weighted by atomic mass is 32.2. The van der Waals surface area contributed by atoms with Gasteiger partial charge >= 0.3 is 0 Å². The fraction of sp³-hybridized carbons (Fsp3) is 0.481. The quantitative estimate of drug-likeness (QED) is 0.661. The fourth-order valence-electron chi connectivity index (χ4n) is 5.31. The van der Waals surface area contributed by atoms with Gasteiger partial charge in [0, 0.05) is 44.2 Å². The zero-order valence-corrected chi connectivity index (χ0v) is 21.7. The molecule has 0 saturated carbocycles. The van der Waals surface area contributed by atoms with Crippen LogP contribution >= 0.6 is 0 Å². The van der Waals surface area contributed by atoms with Gasteiger partial charge in [-0.1, -0.05) is 29.8 Å². The third-order valence-electron chi connectivity index (χ3n) is 7.06. The van der Waals surface area contributed by atoms with Gasteiger partial charge in [0.25, 0.3) is 5.91 Å². The lowest BCUT2D eigenvalue weighted by Crippen LogP contribution is -2.43. The Balaban J connectivity index is 1.33. The van der Waals surface area contributed by atoms with Crippen molar-refractivity contribution in [1.29, 1.82) is 0 Å². The van der Waals surface area contributed by atoms with Crippen molar-refractivity contribution >= 4 is 21.8 Å². The molecule has 7 nitrogen and oxygen atoms in total. The summed E-state index contributed by atoms with van der Waals surface area (Å²) < 4.78 is 28.1. The maximum atomic E-state index is 13.3. The number of sulfonamides is 1. The molecule has 2 aliphatic heterocycles. The second kappa shape index (κ2) is 10.5. The van der Waals surface area contributed by atoms with Crippen LogP contribution in [0.25, 0.3) is 0 Å². The van der Waals surface area contributed by atoms with Crippen molar-refractivity contribution in [1.82, 2.24) is 14.5 Å². The summed E-state index contributed by atoms with van der Waals surface area (Å²) in [6.07, 6.45) is 3.07. The zero-order valence-electron chi connectivity index (χ0n) is 20.8. The van der Waals surface area contributed by atoms with Crippen molar-refractivity contribution in [2.24, 2.45) is 5.92 Å². The highest BCUT2D eigenvalue weighted by molar-refractivity contribution is 7.89. The largest absolute Gasteiger partial charge is 0.352 e. The van der Waals surface area contributed by atoms with Crippen molar-refractivity contribution in [3.8, 4) is 0 Å². The van der Waals surface area contributed by atoms with E-state index in [1.165, 1.54) is 4.31 Å². The van der Waals surface area contributed by atoms with E-state index in [9.17, 15) is 18.0 Å². The zero-order chi connectivity index (χ0) is 25.2. The monoisotopic (exact) mass is 497 g/mol. The van der Waals surface area contributed by atoms with Crippen LogP contribution < -0.4 is 5.32 Å². The van der Waals surface area contributed by atoms with E-state index in [1.807, 2.05) is 62.1 Å². The molecule has 0 aliphatic carbocycles. The van der Waals surface area contributed by atoms with E-state index >= 15 is 0 Å². The molecule has 35 heavy (non-hydrogen) atoms. The van der Waals surface area contributed by atoms with Gasteiger partial charge in [-0.05, 0) is 75.3 Å². The predicted octanol–water partition coefficient (Wildman–Crippen LogP) is 3.56. The van der Waals surface area contributed by atoms with Gasteiger partial charge in [-0.25, -0.2) is 8.42 Å². The maximum Gasteiger partial charge on any atom is 0.253 e. The van der Waals surface area contributed by atoms with Gasteiger partial charge in [0.2, 0.25) is 15.9 Å². The van der Waals surface area contributed by atoms with Gasteiger partial charge in [0.05, 0.1) is 4.90 Å². The molecule has 0 aromatic heterocycles. The molecule has 4 rings (SSSR count). The number of hydrogen-bond donors (Lipinski definition) is 1. The number of carbonyl (C=O) groups is 2. The normalized spacial score (nSPS) is 17.5. The third kappa shape index (κ3) is 5.59. The van der Waals surface area contributed by atoms with Crippen molar-refractivity contribution in [3.05, 3.63) is 64.2 Å². The van der Waals surface area contributed by atoms with Crippen LogP contribution in [0.2, 0.25) is 0 Å². The number of benzene rings is 2. The van der Waals surface area contributed by atoms with Crippen LogP contribution in [0.15, 0.2) is 41.3 Å². The summed E-state index contributed by atoms with van der Waals surface area (Å²) >= 11 is 0. The number of piperidine rings is 1. The topological polar surface area (TPSA) is 86.8 Å². The van der Waals surface area contributed by atoms with Crippen LogP contribution in [0.3, 0.4) is 0 Å². The predicted molar refractivity (Wildman–Crippen MR) is 136 cm³/mol. The lowest BCUT2D eigenvalue weighted by Gasteiger charge is -2.31. The van der Waals surface area contributed by atoms with E-state index in [-0.39, 0.29) is 17.7 Å². The Morgan fingerprint density at radius 2 is 1.57 bits per heavy atom. The number of amides is 2. The number of likely N-dealkylation sites (tertiary alicyclic amines) is 1. The first kappa shape index (κ1) is 25.4. The van der Waals surface area contributed by atoms with E-state index in [0.29, 0.717) is 42.9 Å². The smallest absolute Gasteiger partial charge is 0.253 e. The average Bonchev–Trinajstić information content (AvgIpc) is 3.36. The van der Waals surface area contributed by atoms with Gasteiger partial charge in [-0.15, -0.1) is 0 Å². The Morgan fingerprint density at radius 1 is 0.943 bits per heavy atom. The van der Waals surface area contributed by atoms with Crippen LogP contribution in [0, 0.1) is 26.7 Å². The lowest BCUT2D eigenvalue weighted by atomic mass is 9.97. The minimum absolute atomic E-state index is 0.0447. The summed E-state index contributed by atoms with van der Waals surface area (Å²) in [4.78, 5) is 27.7. The van der Waals surface area contributed by atoms with E-state index in [2.05, 4.69) is 5.32 Å². The Hall–Kier alpha value is -2.71. The van der Waals surface area contributed by atoms with E-state index in [0.717, 1.165) is 48.2 Å². The Kier molecular flexibility index (Phi) is 7.62. The molecule has 2 heterocycles. The maximum absolute atomic E-state index is 13.3.